The van der Waals surface area contributed by atoms with E-state index in [1.54, 1.807) is 6.26 Å². The molecule has 0 radical (unpaired) electrons. The molecule has 0 aliphatic carbocycles. The number of aryl methyl sites for hydroxylation is 2. The zero-order valence-electron chi connectivity index (χ0n) is 12.5. The fraction of sp³-hybridized carbons (Fsp3) is 0.412. The van der Waals surface area contributed by atoms with E-state index in [0.717, 1.165) is 17.9 Å². The maximum absolute atomic E-state index is 5.34. The van der Waals surface area contributed by atoms with Crippen LogP contribution in [0.4, 0.5) is 0 Å². The number of benzene rings is 1. The van der Waals surface area contributed by atoms with Gasteiger partial charge in [0.2, 0.25) is 0 Å². The first-order valence-electron chi connectivity index (χ1n) is 7.17. The van der Waals surface area contributed by atoms with E-state index in [0.29, 0.717) is 6.04 Å². The highest BCUT2D eigenvalue weighted by molar-refractivity contribution is 7.99. The van der Waals surface area contributed by atoms with E-state index in [2.05, 4.69) is 36.5 Å². The van der Waals surface area contributed by atoms with Gasteiger partial charge >= 0.3 is 0 Å². The van der Waals surface area contributed by atoms with Gasteiger partial charge in [0.25, 0.3) is 0 Å². The molecule has 0 saturated carbocycles. The van der Waals surface area contributed by atoms with Gasteiger partial charge in [-0.15, -0.1) is 11.8 Å². The second-order valence-corrected chi connectivity index (χ2v) is 6.05. The summed E-state index contributed by atoms with van der Waals surface area (Å²) in [6.45, 7) is 4.23. The standard InChI is InChI=1S/C17H23NOS/c1-4-5-14-6-8-15(9-7-14)16(18-3)12-20-17-10-11-19-13(17)2/h6-11,16,18H,4-5,12H2,1-3H3. The molecule has 2 nitrogen and oxygen atoms in total. The minimum Gasteiger partial charge on any atom is -0.468 e. The number of hydrogen-bond donors (Lipinski definition) is 1. The van der Waals surface area contributed by atoms with Crippen LogP contribution >= 0.6 is 11.8 Å². The van der Waals surface area contributed by atoms with Gasteiger partial charge in [-0.05, 0) is 37.6 Å². The average molecular weight is 289 g/mol. The van der Waals surface area contributed by atoms with E-state index in [-0.39, 0.29) is 0 Å². The molecule has 20 heavy (non-hydrogen) atoms. The van der Waals surface area contributed by atoms with Crippen LogP contribution in [-0.2, 0) is 6.42 Å². The van der Waals surface area contributed by atoms with E-state index in [1.807, 2.05) is 31.8 Å². The smallest absolute Gasteiger partial charge is 0.114 e. The molecule has 1 atom stereocenters. The van der Waals surface area contributed by atoms with Crippen LogP contribution in [0.15, 0.2) is 45.9 Å². The van der Waals surface area contributed by atoms with Crippen LogP contribution in [0, 0.1) is 6.92 Å². The third-order valence-corrected chi connectivity index (χ3v) is 4.72. The molecule has 0 saturated heterocycles. The number of hydrogen-bond acceptors (Lipinski definition) is 3. The molecule has 0 fully saturated rings. The van der Waals surface area contributed by atoms with Gasteiger partial charge in [0.15, 0.2) is 0 Å². The molecule has 1 N–H and O–H groups in total. The highest BCUT2D eigenvalue weighted by Gasteiger charge is 2.11. The zero-order chi connectivity index (χ0) is 14.4. The maximum atomic E-state index is 5.34. The van der Waals surface area contributed by atoms with Crippen LogP contribution in [0.5, 0.6) is 0 Å². The maximum Gasteiger partial charge on any atom is 0.114 e. The lowest BCUT2D eigenvalue weighted by atomic mass is 10.0. The molecule has 1 heterocycles. The molecule has 0 aliphatic rings. The average Bonchev–Trinajstić information content (AvgIpc) is 2.87. The molecule has 0 bridgehead atoms. The summed E-state index contributed by atoms with van der Waals surface area (Å²) in [5, 5.41) is 3.40. The van der Waals surface area contributed by atoms with Gasteiger partial charge < -0.3 is 9.73 Å². The number of furan rings is 1. The van der Waals surface area contributed by atoms with Crippen molar-refractivity contribution in [3.8, 4) is 0 Å². The molecule has 0 amide bonds. The lowest BCUT2D eigenvalue weighted by Crippen LogP contribution is -2.18. The van der Waals surface area contributed by atoms with Gasteiger partial charge in [-0.2, -0.15) is 0 Å². The first kappa shape index (κ1) is 15.2. The lowest BCUT2D eigenvalue weighted by molar-refractivity contribution is 0.526. The lowest BCUT2D eigenvalue weighted by Gasteiger charge is -2.16. The van der Waals surface area contributed by atoms with Crippen LogP contribution in [0.25, 0.3) is 0 Å². The van der Waals surface area contributed by atoms with Gasteiger partial charge in [0, 0.05) is 16.7 Å². The topological polar surface area (TPSA) is 25.2 Å². The summed E-state index contributed by atoms with van der Waals surface area (Å²) in [7, 11) is 2.02. The molecular weight excluding hydrogens is 266 g/mol. The molecule has 2 rings (SSSR count). The summed E-state index contributed by atoms with van der Waals surface area (Å²) < 4.78 is 5.34. The Labute approximate surface area is 126 Å². The Morgan fingerprint density at radius 3 is 2.50 bits per heavy atom. The number of thioether (sulfide) groups is 1. The Balaban J connectivity index is 1.98. The molecule has 2 aromatic rings. The molecule has 3 heteroatoms. The van der Waals surface area contributed by atoms with Crippen molar-refractivity contribution >= 4 is 11.8 Å². The van der Waals surface area contributed by atoms with Gasteiger partial charge in [-0.3, -0.25) is 0 Å². The minimum atomic E-state index is 0.366. The Morgan fingerprint density at radius 1 is 1.20 bits per heavy atom. The van der Waals surface area contributed by atoms with Gasteiger partial charge in [-0.1, -0.05) is 37.6 Å². The van der Waals surface area contributed by atoms with Crippen LogP contribution in [0.3, 0.4) is 0 Å². The largest absolute Gasteiger partial charge is 0.468 e. The minimum absolute atomic E-state index is 0.366. The Morgan fingerprint density at radius 2 is 1.95 bits per heavy atom. The summed E-state index contributed by atoms with van der Waals surface area (Å²) in [4.78, 5) is 1.23. The monoisotopic (exact) mass is 289 g/mol. The molecule has 1 aromatic heterocycles. The van der Waals surface area contributed by atoms with Crippen molar-refractivity contribution in [3.63, 3.8) is 0 Å². The van der Waals surface area contributed by atoms with Crippen molar-refractivity contribution in [2.75, 3.05) is 12.8 Å². The van der Waals surface area contributed by atoms with Crippen molar-refractivity contribution in [2.45, 2.75) is 37.6 Å². The van der Waals surface area contributed by atoms with Gasteiger partial charge in [0.1, 0.15) is 5.76 Å². The summed E-state index contributed by atoms with van der Waals surface area (Å²) >= 11 is 1.84. The molecule has 1 aromatic carbocycles. The second-order valence-electron chi connectivity index (χ2n) is 4.98. The van der Waals surface area contributed by atoms with Crippen LogP contribution < -0.4 is 5.32 Å². The summed E-state index contributed by atoms with van der Waals surface area (Å²) in [5.74, 6) is 2.01. The Hall–Kier alpha value is -1.19. The van der Waals surface area contributed by atoms with E-state index in [4.69, 9.17) is 4.42 Å². The van der Waals surface area contributed by atoms with Crippen LogP contribution in [0.2, 0.25) is 0 Å². The molecule has 108 valence electrons. The van der Waals surface area contributed by atoms with Gasteiger partial charge in [-0.25, -0.2) is 0 Å². The zero-order valence-corrected chi connectivity index (χ0v) is 13.3. The molecule has 0 spiro atoms. The van der Waals surface area contributed by atoms with Crippen molar-refractivity contribution < 1.29 is 4.42 Å². The highest BCUT2D eigenvalue weighted by Crippen LogP contribution is 2.28. The SMILES string of the molecule is CCCc1ccc(C(CSc2ccoc2C)NC)cc1. The van der Waals surface area contributed by atoms with Crippen molar-refractivity contribution in [2.24, 2.45) is 0 Å². The number of nitrogens with one attached hydrogen (secondary N) is 1. The molecule has 1 unspecified atom stereocenters. The predicted molar refractivity (Wildman–Crippen MR) is 86.4 cm³/mol. The van der Waals surface area contributed by atoms with E-state index < -0.39 is 0 Å². The normalized spacial score (nSPS) is 12.6. The fourth-order valence-electron chi connectivity index (χ4n) is 2.25. The third kappa shape index (κ3) is 3.90. The fourth-order valence-corrected chi connectivity index (χ4v) is 3.36. The van der Waals surface area contributed by atoms with E-state index >= 15 is 0 Å². The number of rotatable bonds is 7. The van der Waals surface area contributed by atoms with Crippen molar-refractivity contribution in [1.29, 1.82) is 0 Å². The second kappa shape index (κ2) is 7.55. The predicted octanol–water partition coefficient (Wildman–Crippen LogP) is 4.59. The summed E-state index contributed by atoms with van der Waals surface area (Å²) in [6.07, 6.45) is 4.11. The molecular formula is C17H23NOS. The Bertz CT molecular complexity index is 518. The van der Waals surface area contributed by atoms with E-state index in [1.165, 1.54) is 22.4 Å². The van der Waals surface area contributed by atoms with Crippen LogP contribution in [-0.4, -0.2) is 12.8 Å². The Kier molecular flexibility index (Phi) is 5.74. The third-order valence-electron chi connectivity index (χ3n) is 3.49. The first-order valence-corrected chi connectivity index (χ1v) is 8.16. The first-order chi connectivity index (χ1) is 9.74. The van der Waals surface area contributed by atoms with Crippen LogP contribution in [0.1, 0.15) is 36.3 Å². The quantitative estimate of drug-likeness (QED) is 0.754. The highest BCUT2D eigenvalue weighted by atomic mass is 32.2. The van der Waals surface area contributed by atoms with Crippen molar-refractivity contribution in [3.05, 3.63) is 53.5 Å². The summed E-state index contributed by atoms with van der Waals surface area (Å²) in [5.41, 5.74) is 2.77. The molecule has 0 aliphatic heterocycles. The van der Waals surface area contributed by atoms with E-state index in [9.17, 15) is 0 Å². The van der Waals surface area contributed by atoms with Crippen molar-refractivity contribution in [1.82, 2.24) is 5.32 Å². The summed E-state index contributed by atoms with van der Waals surface area (Å²) in [6, 6.07) is 11.4. The van der Waals surface area contributed by atoms with Gasteiger partial charge in [0.05, 0.1) is 6.26 Å².